The minimum Gasteiger partial charge on any atom is -0.396 e. The molecule has 1 fully saturated rings. The van der Waals surface area contributed by atoms with Gasteiger partial charge in [0.15, 0.2) is 0 Å². The summed E-state index contributed by atoms with van der Waals surface area (Å²) in [6.45, 7) is 4.24. The van der Waals surface area contributed by atoms with E-state index in [1.807, 2.05) is 12.1 Å². The number of rotatable bonds is 4. The maximum absolute atomic E-state index is 9.29. The highest BCUT2D eigenvalue weighted by Gasteiger charge is 2.23. The second-order valence-corrected chi connectivity index (χ2v) is 5.77. The van der Waals surface area contributed by atoms with Crippen molar-refractivity contribution in [3.8, 4) is 0 Å². The number of nitrogens with zero attached hydrogens (tertiary/aromatic N) is 1. The molecule has 1 heterocycles. The lowest BCUT2D eigenvalue weighted by molar-refractivity contribution is 0.140. The van der Waals surface area contributed by atoms with Crippen LogP contribution in [0.5, 0.6) is 0 Å². The molecule has 3 nitrogen and oxygen atoms in total. The van der Waals surface area contributed by atoms with E-state index in [1.54, 1.807) is 0 Å². The van der Waals surface area contributed by atoms with Crippen LogP contribution in [0.2, 0.25) is 5.02 Å². The summed E-state index contributed by atoms with van der Waals surface area (Å²) in [5, 5.41) is 13.4. The lowest BCUT2D eigenvalue weighted by Gasteiger charge is -2.35. The zero-order chi connectivity index (χ0) is 13.0. The van der Waals surface area contributed by atoms with Crippen molar-refractivity contribution in [3.05, 3.63) is 33.3 Å². The van der Waals surface area contributed by atoms with Crippen LogP contribution in [0.1, 0.15) is 18.0 Å². The van der Waals surface area contributed by atoms with Gasteiger partial charge in [-0.1, -0.05) is 33.6 Å². The standard InChI is InChI=1S/C13H18BrClN2O.ClH/c14-12-9-10(15)1-2-11(12)13(3-8-18)17-6-4-16-5-7-17;/h1-2,9,13,16,18H,3-8H2;1H/t13-;/m0./s1. The van der Waals surface area contributed by atoms with Crippen molar-refractivity contribution < 1.29 is 5.11 Å². The van der Waals surface area contributed by atoms with Crippen LogP contribution in [0.15, 0.2) is 22.7 Å². The number of aliphatic hydroxyl groups is 1. The number of aliphatic hydroxyl groups excluding tert-OH is 1. The second-order valence-electron chi connectivity index (χ2n) is 4.48. The molecule has 0 radical (unpaired) electrons. The number of hydrogen-bond acceptors (Lipinski definition) is 3. The van der Waals surface area contributed by atoms with Crippen molar-refractivity contribution in [2.75, 3.05) is 32.8 Å². The van der Waals surface area contributed by atoms with E-state index in [9.17, 15) is 5.11 Å². The van der Waals surface area contributed by atoms with E-state index in [-0.39, 0.29) is 25.1 Å². The molecular weight excluding hydrogens is 351 g/mol. The second kappa shape index (κ2) is 8.45. The molecule has 0 spiro atoms. The molecule has 0 aromatic heterocycles. The van der Waals surface area contributed by atoms with Crippen LogP contribution in [0, 0.1) is 0 Å². The van der Waals surface area contributed by atoms with E-state index < -0.39 is 0 Å². The average molecular weight is 370 g/mol. The number of piperazine rings is 1. The number of nitrogens with one attached hydrogen (secondary N) is 1. The van der Waals surface area contributed by atoms with Crippen molar-refractivity contribution >= 4 is 39.9 Å². The topological polar surface area (TPSA) is 35.5 Å². The predicted octanol–water partition coefficient (Wildman–Crippen LogP) is 2.85. The molecule has 1 aliphatic heterocycles. The monoisotopic (exact) mass is 368 g/mol. The summed E-state index contributed by atoms with van der Waals surface area (Å²) in [4.78, 5) is 2.42. The molecule has 0 amide bonds. The Morgan fingerprint density at radius 3 is 2.63 bits per heavy atom. The molecule has 2 rings (SSSR count). The highest BCUT2D eigenvalue weighted by Crippen LogP contribution is 2.32. The number of benzene rings is 1. The molecule has 0 unspecified atom stereocenters. The van der Waals surface area contributed by atoms with E-state index in [4.69, 9.17) is 11.6 Å². The van der Waals surface area contributed by atoms with Crippen molar-refractivity contribution in [3.63, 3.8) is 0 Å². The molecule has 1 saturated heterocycles. The Bertz CT molecular complexity index is 400. The van der Waals surface area contributed by atoms with Crippen LogP contribution < -0.4 is 5.32 Å². The summed E-state index contributed by atoms with van der Waals surface area (Å²) < 4.78 is 1.02. The summed E-state index contributed by atoms with van der Waals surface area (Å²) in [5.74, 6) is 0. The molecule has 19 heavy (non-hydrogen) atoms. The Labute approximate surface area is 133 Å². The summed E-state index contributed by atoms with van der Waals surface area (Å²) >= 11 is 9.56. The maximum Gasteiger partial charge on any atom is 0.0449 e. The molecule has 1 aromatic carbocycles. The maximum atomic E-state index is 9.29. The van der Waals surface area contributed by atoms with Gasteiger partial charge in [0, 0.05) is 48.3 Å². The van der Waals surface area contributed by atoms with Crippen molar-refractivity contribution in [1.82, 2.24) is 10.2 Å². The number of halogens is 3. The quantitative estimate of drug-likeness (QED) is 0.856. The van der Waals surface area contributed by atoms with Crippen LogP contribution in [-0.2, 0) is 0 Å². The predicted molar refractivity (Wildman–Crippen MR) is 85.3 cm³/mol. The van der Waals surface area contributed by atoms with Crippen LogP contribution in [0.3, 0.4) is 0 Å². The first kappa shape index (κ1) is 17.2. The SMILES string of the molecule is Cl.OCC[C@@H](c1ccc(Cl)cc1Br)N1CCNCC1. The lowest BCUT2D eigenvalue weighted by atomic mass is 10.0. The van der Waals surface area contributed by atoms with Gasteiger partial charge in [-0.3, -0.25) is 4.90 Å². The first-order chi connectivity index (χ1) is 8.72. The molecule has 0 saturated carbocycles. The van der Waals surface area contributed by atoms with Gasteiger partial charge >= 0.3 is 0 Å². The van der Waals surface area contributed by atoms with Crippen molar-refractivity contribution in [2.45, 2.75) is 12.5 Å². The van der Waals surface area contributed by atoms with Gasteiger partial charge in [-0.05, 0) is 24.1 Å². The average Bonchev–Trinajstić information content (AvgIpc) is 2.38. The molecule has 6 heteroatoms. The van der Waals surface area contributed by atoms with Crippen LogP contribution in [0.4, 0.5) is 0 Å². The smallest absolute Gasteiger partial charge is 0.0449 e. The van der Waals surface area contributed by atoms with Gasteiger partial charge in [0.1, 0.15) is 0 Å². The minimum atomic E-state index is 0. The van der Waals surface area contributed by atoms with Gasteiger partial charge in [-0.15, -0.1) is 12.4 Å². The normalized spacial score (nSPS) is 17.8. The van der Waals surface area contributed by atoms with Crippen LogP contribution in [0.25, 0.3) is 0 Å². The molecule has 0 aliphatic carbocycles. The first-order valence-corrected chi connectivity index (χ1v) is 7.40. The molecule has 2 N–H and O–H groups in total. The number of hydrogen-bond donors (Lipinski definition) is 2. The summed E-state index contributed by atoms with van der Waals surface area (Å²) in [6.07, 6.45) is 0.750. The van der Waals surface area contributed by atoms with Gasteiger partial charge in [-0.2, -0.15) is 0 Å². The summed E-state index contributed by atoms with van der Waals surface area (Å²) in [6, 6.07) is 6.13. The lowest BCUT2D eigenvalue weighted by Crippen LogP contribution is -2.45. The van der Waals surface area contributed by atoms with E-state index in [0.29, 0.717) is 0 Å². The highest BCUT2D eigenvalue weighted by atomic mass is 79.9. The summed E-state index contributed by atoms with van der Waals surface area (Å²) in [5.41, 5.74) is 1.20. The third-order valence-corrected chi connectivity index (χ3v) is 4.24. The third-order valence-electron chi connectivity index (χ3n) is 3.32. The highest BCUT2D eigenvalue weighted by molar-refractivity contribution is 9.10. The largest absolute Gasteiger partial charge is 0.396 e. The first-order valence-electron chi connectivity index (χ1n) is 6.23. The Hall–Kier alpha value is 0.160. The zero-order valence-electron chi connectivity index (χ0n) is 10.6. The van der Waals surface area contributed by atoms with Gasteiger partial charge in [0.25, 0.3) is 0 Å². The molecule has 108 valence electrons. The van der Waals surface area contributed by atoms with Crippen molar-refractivity contribution in [2.24, 2.45) is 0 Å². The fourth-order valence-corrected chi connectivity index (χ4v) is 3.37. The Balaban J connectivity index is 0.00000180. The zero-order valence-corrected chi connectivity index (χ0v) is 13.8. The third kappa shape index (κ3) is 4.59. The molecular formula is C13H19BrCl2N2O. The Morgan fingerprint density at radius 1 is 1.37 bits per heavy atom. The molecule has 1 aromatic rings. The Morgan fingerprint density at radius 2 is 2.05 bits per heavy atom. The van der Waals surface area contributed by atoms with E-state index >= 15 is 0 Å². The van der Waals surface area contributed by atoms with Crippen molar-refractivity contribution in [1.29, 1.82) is 0 Å². The fourth-order valence-electron chi connectivity index (χ4n) is 2.42. The fraction of sp³-hybridized carbons (Fsp3) is 0.538. The van der Waals surface area contributed by atoms with Gasteiger partial charge in [0.2, 0.25) is 0 Å². The molecule has 0 bridgehead atoms. The van der Waals surface area contributed by atoms with E-state index in [2.05, 4.69) is 32.2 Å². The molecule has 1 atom stereocenters. The summed E-state index contributed by atoms with van der Waals surface area (Å²) in [7, 11) is 0. The minimum absolute atomic E-state index is 0. The van der Waals surface area contributed by atoms with Gasteiger partial charge < -0.3 is 10.4 Å². The van der Waals surface area contributed by atoms with E-state index in [0.717, 1.165) is 42.1 Å². The molecule has 1 aliphatic rings. The van der Waals surface area contributed by atoms with Gasteiger partial charge in [0.05, 0.1) is 0 Å². The van der Waals surface area contributed by atoms with Gasteiger partial charge in [-0.25, -0.2) is 0 Å². The van der Waals surface area contributed by atoms with Crippen LogP contribution >= 0.6 is 39.9 Å². The van der Waals surface area contributed by atoms with Crippen LogP contribution in [-0.4, -0.2) is 42.8 Å². The van der Waals surface area contributed by atoms with E-state index in [1.165, 1.54) is 5.56 Å². The Kier molecular flexibility index (Phi) is 7.65.